The minimum Gasteiger partial charge on any atom is -0.320 e. The number of nitrogens with one attached hydrogen (secondary N) is 1. The molecule has 0 unspecified atom stereocenters. The summed E-state index contributed by atoms with van der Waals surface area (Å²) in [6, 6.07) is 5.02. The average Bonchev–Trinajstić information content (AvgIpc) is 2.87. The van der Waals surface area contributed by atoms with E-state index in [1.807, 2.05) is 0 Å². The molecule has 0 saturated heterocycles. The summed E-state index contributed by atoms with van der Waals surface area (Å²) in [7, 11) is 0. The van der Waals surface area contributed by atoms with Gasteiger partial charge >= 0.3 is 5.69 Å². The molecule has 1 aromatic carbocycles. The first-order chi connectivity index (χ1) is 9.92. The maximum Gasteiger partial charge on any atom is 0.320 e. The molecule has 2 aromatic rings. The van der Waals surface area contributed by atoms with E-state index in [2.05, 4.69) is 10.4 Å². The number of aryl methyl sites for hydroxylation is 2. The zero-order valence-electron chi connectivity index (χ0n) is 11.5. The van der Waals surface area contributed by atoms with Crippen LogP contribution in [-0.4, -0.2) is 20.6 Å². The third-order valence-corrected chi connectivity index (χ3v) is 3.16. The smallest absolute Gasteiger partial charge is 0.320 e. The Morgan fingerprint density at radius 1 is 1.52 bits per heavy atom. The van der Waals surface area contributed by atoms with Crippen molar-refractivity contribution in [3.63, 3.8) is 0 Å². The molecule has 0 radical (unpaired) electrons. The SMILES string of the molecule is CCn1cc([N+](=O)[O-])c(C(=O)Nc2cc(Cl)ccc2C)n1. The fourth-order valence-corrected chi connectivity index (χ4v) is 1.95. The van der Waals surface area contributed by atoms with Crippen LogP contribution in [0.4, 0.5) is 11.4 Å². The summed E-state index contributed by atoms with van der Waals surface area (Å²) >= 11 is 5.88. The zero-order chi connectivity index (χ0) is 15.6. The Bertz CT molecular complexity index is 711. The number of aromatic nitrogens is 2. The Morgan fingerprint density at radius 3 is 2.86 bits per heavy atom. The number of benzene rings is 1. The van der Waals surface area contributed by atoms with Crippen LogP contribution in [0.2, 0.25) is 5.02 Å². The molecule has 0 aliphatic carbocycles. The normalized spacial score (nSPS) is 10.4. The number of nitro groups is 1. The van der Waals surface area contributed by atoms with Crippen molar-refractivity contribution in [1.82, 2.24) is 9.78 Å². The monoisotopic (exact) mass is 308 g/mol. The summed E-state index contributed by atoms with van der Waals surface area (Å²) < 4.78 is 1.35. The van der Waals surface area contributed by atoms with Crippen LogP contribution in [0.15, 0.2) is 24.4 Å². The van der Waals surface area contributed by atoms with Gasteiger partial charge in [0.25, 0.3) is 5.91 Å². The maximum absolute atomic E-state index is 12.2. The first-order valence-corrected chi connectivity index (χ1v) is 6.59. The number of hydrogen-bond donors (Lipinski definition) is 1. The van der Waals surface area contributed by atoms with E-state index < -0.39 is 10.8 Å². The van der Waals surface area contributed by atoms with E-state index in [-0.39, 0.29) is 11.4 Å². The third kappa shape index (κ3) is 3.19. The third-order valence-electron chi connectivity index (χ3n) is 2.93. The fraction of sp³-hybridized carbons (Fsp3) is 0.231. The molecular formula is C13H13ClN4O3. The number of rotatable bonds is 4. The Morgan fingerprint density at radius 2 is 2.24 bits per heavy atom. The molecule has 1 amide bonds. The predicted molar refractivity (Wildman–Crippen MR) is 78.7 cm³/mol. The van der Waals surface area contributed by atoms with E-state index in [1.165, 1.54) is 10.9 Å². The summed E-state index contributed by atoms with van der Waals surface area (Å²) in [5, 5.41) is 18.0. The van der Waals surface area contributed by atoms with Crippen LogP contribution in [0.3, 0.4) is 0 Å². The molecule has 0 aliphatic heterocycles. The van der Waals surface area contributed by atoms with E-state index in [4.69, 9.17) is 11.6 Å². The first-order valence-electron chi connectivity index (χ1n) is 6.21. The van der Waals surface area contributed by atoms with E-state index in [1.54, 1.807) is 32.0 Å². The van der Waals surface area contributed by atoms with Gasteiger partial charge in [-0.3, -0.25) is 19.6 Å². The summed E-state index contributed by atoms with van der Waals surface area (Å²) in [4.78, 5) is 22.6. The second-order valence-electron chi connectivity index (χ2n) is 4.39. The van der Waals surface area contributed by atoms with Gasteiger partial charge in [-0.1, -0.05) is 17.7 Å². The van der Waals surface area contributed by atoms with Crippen molar-refractivity contribution in [2.75, 3.05) is 5.32 Å². The minimum absolute atomic E-state index is 0.221. The van der Waals surface area contributed by atoms with Crippen molar-refractivity contribution in [2.45, 2.75) is 20.4 Å². The summed E-state index contributed by atoms with van der Waals surface area (Å²) in [5.74, 6) is -0.640. The van der Waals surface area contributed by atoms with Gasteiger partial charge in [0.1, 0.15) is 6.20 Å². The van der Waals surface area contributed by atoms with Crippen molar-refractivity contribution >= 4 is 28.9 Å². The number of anilines is 1. The van der Waals surface area contributed by atoms with Crippen LogP contribution in [0.25, 0.3) is 0 Å². The highest BCUT2D eigenvalue weighted by Gasteiger charge is 2.25. The van der Waals surface area contributed by atoms with Gasteiger partial charge in [0.05, 0.1) is 4.92 Å². The molecule has 1 heterocycles. The molecule has 0 spiro atoms. The van der Waals surface area contributed by atoms with Crippen molar-refractivity contribution in [2.24, 2.45) is 0 Å². The highest BCUT2D eigenvalue weighted by Crippen LogP contribution is 2.23. The van der Waals surface area contributed by atoms with Crippen molar-refractivity contribution < 1.29 is 9.72 Å². The van der Waals surface area contributed by atoms with Gasteiger partial charge in [-0.25, -0.2) is 0 Å². The molecule has 0 fully saturated rings. The Hall–Kier alpha value is -2.41. The van der Waals surface area contributed by atoms with E-state index in [9.17, 15) is 14.9 Å². The topological polar surface area (TPSA) is 90.1 Å². The standard InChI is InChI=1S/C13H13ClN4O3/c1-3-17-7-11(18(20)21)12(16-17)13(19)15-10-6-9(14)5-4-8(10)2/h4-7H,3H2,1-2H3,(H,15,19). The van der Waals surface area contributed by atoms with Gasteiger partial charge < -0.3 is 5.32 Å². The quantitative estimate of drug-likeness (QED) is 0.694. The van der Waals surface area contributed by atoms with Crippen molar-refractivity contribution in [1.29, 1.82) is 0 Å². The lowest BCUT2D eigenvalue weighted by Gasteiger charge is -2.07. The van der Waals surface area contributed by atoms with E-state index in [0.29, 0.717) is 17.3 Å². The first kappa shape index (κ1) is 15.0. The molecule has 0 atom stereocenters. The summed E-state index contributed by atoms with van der Waals surface area (Å²) in [6.45, 7) is 4.01. The lowest BCUT2D eigenvalue weighted by molar-refractivity contribution is -0.385. The molecule has 1 aromatic heterocycles. The highest BCUT2D eigenvalue weighted by atomic mass is 35.5. The average molecular weight is 309 g/mol. The highest BCUT2D eigenvalue weighted by molar-refractivity contribution is 6.31. The fourth-order valence-electron chi connectivity index (χ4n) is 1.78. The van der Waals surface area contributed by atoms with Gasteiger partial charge in [-0.05, 0) is 31.5 Å². The molecule has 0 saturated carbocycles. The number of carbonyl (C=O) groups excluding carboxylic acids is 1. The van der Waals surface area contributed by atoms with E-state index in [0.717, 1.165) is 5.56 Å². The zero-order valence-corrected chi connectivity index (χ0v) is 12.2. The van der Waals surface area contributed by atoms with E-state index >= 15 is 0 Å². The molecular weight excluding hydrogens is 296 g/mol. The van der Waals surface area contributed by atoms with Crippen molar-refractivity contribution in [3.8, 4) is 0 Å². The maximum atomic E-state index is 12.2. The van der Waals surface area contributed by atoms with Crippen LogP contribution >= 0.6 is 11.6 Å². The summed E-state index contributed by atoms with van der Waals surface area (Å²) in [6.07, 6.45) is 1.24. The van der Waals surface area contributed by atoms with Crippen LogP contribution in [0.5, 0.6) is 0 Å². The minimum atomic E-state index is -0.640. The second-order valence-corrected chi connectivity index (χ2v) is 4.83. The number of halogens is 1. The van der Waals surface area contributed by atoms with Crippen LogP contribution in [0, 0.1) is 17.0 Å². The van der Waals surface area contributed by atoms with Crippen molar-refractivity contribution in [3.05, 3.63) is 50.8 Å². The summed E-state index contributed by atoms with van der Waals surface area (Å²) in [5.41, 5.74) is 0.744. The Balaban J connectivity index is 2.34. The molecule has 21 heavy (non-hydrogen) atoms. The van der Waals surface area contributed by atoms with Crippen LogP contribution in [-0.2, 0) is 6.54 Å². The second kappa shape index (κ2) is 5.92. The number of amides is 1. The number of carbonyl (C=O) groups is 1. The molecule has 2 rings (SSSR count). The van der Waals surface area contributed by atoms with Crippen LogP contribution < -0.4 is 5.32 Å². The lowest BCUT2D eigenvalue weighted by Crippen LogP contribution is -2.15. The molecule has 110 valence electrons. The van der Waals surface area contributed by atoms with Gasteiger partial charge in [-0.2, -0.15) is 5.10 Å². The molecule has 1 N–H and O–H groups in total. The predicted octanol–water partition coefficient (Wildman–Crippen LogP) is 3.03. The van der Waals surface area contributed by atoms with Gasteiger partial charge in [0.15, 0.2) is 0 Å². The van der Waals surface area contributed by atoms with Crippen LogP contribution in [0.1, 0.15) is 23.0 Å². The Kier molecular flexibility index (Phi) is 4.23. The molecule has 0 bridgehead atoms. The molecule has 0 aliphatic rings. The van der Waals surface area contributed by atoms with Gasteiger partial charge in [0, 0.05) is 17.3 Å². The Labute approximate surface area is 125 Å². The molecule has 8 heteroatoms. The largest absolute Gasteiger partial charge is 0.320 e. The lowest BCUT2D eigenvalue weighted by atomic mass is 10.2. The van der Waals surface area contributed by atoms with Gasteiger partial charge in [0.2, 0.25) is 5.69 Å². The number of hydrogen-bond acceptors (Lipinski definition) is 4. The number of nitrogens with zero attached hydrogens (tertiary/aromatic N) is 3. The molecule has 7 nitrogen and oxygen atoms in total. The van der Waals surface area contributed by atoms with Gasteiger partial charge in [-0.15, -0.1) is 0 Å².